The molecule has 1 amide bonds. The molecule has 0 spiro atoms. The topological polar surface area (TPSA) is 67.4 Å². The minimum absolute atomic E-state index is 0.0293. The average Bonchev–Trinajstić information content (AvgIpc) is 3.59. The van der Waals surface area contributed by atoms with Crippen LogP contribution in [0.15, 0.2) is 30.6 Å². The number of carbonyl (C=O) groups excluding carboxylic acids is 1. The maximum Gasteiger partial charge on any atom is 0.405 e. The minimum atomic E-state index is -4.50. The summed E-state index contributed by atoms with van der Waals surface area (Å²) in [7, 11) is 0. The number of benzene rings is 1. The summed E-state index contributed by atoms with van der Waals surface area (Å²) in [6.45, 7) is 2.95. The Hall–Kier alpha value is -2.91. The van der Waals surface area contributed by atoms with Gasteiger partial charge in [-0.2, -0.15) is 13.2 Å². The van der Waals surface area contributed by atoms with Crippen LogP contribution in [0.1, 0.15) is 36.8 Å². The number of carbonyl (C=O) groups is 1. The van der Waals surface area contributed by atoms with Crippen molar-refractivity contribution < 1.29 is 27.1 Å². The lowest BCUT2D eigenvalue weighted by molar-refractivity contribution is -0.138. The lowest BCUT2D eigenvalue weighted by atomic mass is 9.90. The van der Waals surface area contributed by atoms with Crippen molar-refractivity contribution in [2.75, 3.05) is 31.1 Å². The van der Waals surface area contributed by atoms with E-state index in [1.165, 1.54) is 18.6 Å². The second kappa shape index (κ2) is 10.8. The van der Waals surface area contributed by atoms with Crippen LogP contribution < -0.4 is 15.0 Å². The monoisotopic (exact) mass is 494 g/mol. The molecular formula is C25H30F4N4O2. The van der Waals surface area contributed by atoms with Gasteiger partial charge in [0.2, 0.25) is 11.9 Å². The molecule has 2 aliphatic rings. The Bertz CT molecular complexity index is 1010. The lowest BCUT2D eigenvalue weighted by Gasteiger charge is -2.32. The van der Waals surface area contributed by atoms with E-state index >= 15 is 0 Å². The third kappa shape index (κ3) is 7.29. The fraction of sp³-hybridized carbons (Fsp3) is 0.560. The van der Waals surface area contributed by atoms with Crippen LogP contribution in [0.25, 0.3) is 0 Å². The van der Waals surface area contributed by atoms with Gasteiger partial charge in [0, 0.05) is 31.5 Å². The molecule has 1 aliphatic carbocycles. The van der Waals surface area contributed by atoms with Gasteiger partial charge in [0.15, 0.2) is 0 Å². The van der Waals surface area contributed by atoms with Crippen molar-refractivity contribution >= 4 is 11.9 Å². The first-order valence-corrected chi connectivity index (χ1v) is 12.0. The van der Waals surface area contributed by atoms with Crippen LogP contribution in [-0.4, -0.2) is 48.3 Å². The summed E-state index contributed by atoms with van der Waals surface area (Å²) in [5.41, 5.74) is 1.08. The molecule has 2 heterocycles. The number of aryl methyl sites for hydroxylation is 1. The Labute approximate surface area is 202 Å². The van der Waals surface area contributed by atoms with Gasteiger partial charge in [-0.1, -0.05) is 6.07 Å². The molecule has 1 aliphatic heterocycles. The quantitative estimate of drug-likeness (QED) is 0.521. The van der Waals surface area contributed by atoms with E-state index in [9.17, 15) is 22.4 Å². The molecule has 1 saturated carbocycles. The van der Waals surface area contributed by atoms with E-state index in [-0.39, 0.29) is 5.56 Å². The van der Waals surface area contributed by atoms with Crippen LogP contribution in [0.4, 0.5) is 23.5 Å². The Balaban J connectivity index is 1.15. The fourth-order valence-corrected chi connectivity index (χ4v) is 4.78. The highest BCUT2D eigenvalue weighted by Gasteiger charge is 2.43. The molecule has 6 nitrogen and oxygen atoms in total. The highest BCUT2D eigenvalue weighted by Crippen LogP contribution is 2.49. The molecule has 1 aromatic heterocycles. The number of nitrogens with one attached hydrogen (secondary N) is 1. The molecule has 2 atom stereocenters. The van der Waals surface area contributed by atoms with Gasteiger partial charge in [-0.05, 0) is 67.6 Å². The normalized spacial score (nSPS) is 20.5. The third-order valence-electron chi connectivity index (χ3n) is 6.79. The summed E-state index contributed by atoms with van der Waals surface area (Å²) in [5.74, 6) is 1.62. The fourth-order valence-electron chi connectivity index (χ4n) is 4.78. The van der Waals surface area contributed by atoms with E-state index in [1.807, 2.05) is 19.3 Å². The molecule has 2 aromatic rings. The van der Waals surface area contributed by atoms with Crippen molar-refractivity contribution in [1.82, 2.24) is 15.3 Å². The van der Waals surface area contributed by atoms with Gasteiger partial charge in [0.05, 0.1) is 13.0 Å². The molecule has 1 saturated heterocycles. The molecule has 0 radical (unpaired) electrons. The number of hydrogen-bond acceptors (Lipinski definition) is 5. The predicted octanol–water partition coefficient (Wildman–Crippen LogP) is 4.47. The molecule has 2 fully saturated rings. The number of aromatic nitrogens is 2. The zero-order valence-electron chi connectivity index (χ0n) is 19.7. The zero-order valence-corrected chi connectivity index (χ0v) is 19.7. The first-order chi connectivity index (χ1) is 16.7. The first-order valence-electron chi connectivity index (χ1n) is 12.0. The molecule has 0 bridgehead atoms. The van der Waals surface area contributed by atoms with Gasteiger partial charge in [0.1, 0.15) is 18.1 Å². The van der Waals surface area contributed by atoms with Gasteiger partial charge in [0.25, 0.3) is 0 Å². The number of piperidine rings is 1. The van der Waals surface area contributed by atoms with Gasteiger partial charge in [-0.25, -0.2) is 14.4 Å². The standard InChI is InChI=1S/C25H30F4N4O2/c1-16-13-30-24(31-14-16)33-7-4-17(5-8-33)21-10-18(21)6-9-35-20-3-2-19(22(26)12-20)11-23(34)32-15-25(27,28)29/h2-3,12-14,17-18,21H,4-11,15H2,1H3,(H,32,34)/t18-,21-/m1/s1. The Kier molecular flexibility index (Phi) is 7.76. The molecule has 1 aromatic carbocycles. The highest BCUT2D eigenvalue weighted by molar-refractivity contribution is 5.78. The molecule has 35 heavy (non-hydrogen) atoms. The first kappa shape index (κ1) is 25.2. The van der Waals surface area contributed by atoms with Gasteiger partial charge < -0.3 is 15.0 Å². The van der Waals surface area contributed by atoms with Crippen molar-refractivity contribution in [2.45, 2.75) is 45.2 Å². The second-order valence-corrected chi connectivity index (χ2v) is 9.50. The summed E-state index contributed by atoms with van der Waals surface area (Å²) in [5, 5.41) is 1.74. The summed E-state index contributed by atoms with van der Waals surface area (Å²) in [6, 6.07) is 4.10. The van der Waals surface area contributed by atoms with E-state index in [0.717, 1.165) is 43.9 Å². The van der Waals surface area contributed by atoms with Crippen LogP contribution in [0.2, 0.25) is 0 Å². The van der Waals surface area contributed by atoms with E-state index in [2.05, 4.69) is 14.9 Å². The van der Waals surface area contributed by atoms with Crippen molar-refractivity contribution in [3.63, 3.8) is 0 Å². The molecule has 1 N–H and O–H groups in total. The number of alkyl halides is 3. The number of nitrogens with zero attached hydrogens (tertiary/aromatic N) is 3. The van der Waals surface area contributed by atoms with Crippen molar-refractivity contribution in [3.05, 3.63) is 47.5 Å². The number of ether oxygens (including phenoxy) is 1. The van der Waals surface area contributed by atoms with E-state index in [4.69, 9.17) is 4.74 Å². The zero-order chi connectivity index (χ0) is 25.0. The number of amides is 1. The van der Waals surface area contributed by atoms with Crippen LogP contribution in [0, 0.1) is 30.5 Å². The van der Waals surface area contributed by atoms with Gasteiger partial charge in [-0.15, -0.1) is 0 Å². The molecule has 4 rings (SSSR count). The lowest BCUT2D eigenvalue weighted by Crippen LogP contribution is -2.35. The Morgan fingerprint density at radius 3 is 2.57 bits per heavy atom. The Morgan fingerprint density at radius 2 is 1.91 bits per heavy atom. The summed E-state index contributed by atoms with van der Waals surface area (Å²) >= 11 is 0. The maximum absolute atomic E-state index is 14.3. The molecule has 10 heteroatoms. The van der Waals surface area contributed by atoms with Crippen molar-refractivity contribution in [2.24, 2.45) is 17.8 Å². The molecule has 0 unspecified atom stereocenters. The minimum Gasteiger partial charge on any atom is -0.493 e. The maximum atomic E-state index is 14.3. The largest absolute Gasteiger partial charge is 0.493 e. The van der Waals surface area contributed by atoms with E-state index in [0.29, 0.717) is 30.1 Å². The number of hydrogen-bond donors (Lipinski definition) is 1. The van der Waals surface area contributed by atoms with E-state index < -0.39 is 30.9 Å². The number of halogens is 4. The number of anilines is 1. The van der Waals surface area contributed by atoms with Crippen LogP contribution in [0.3, 0.4) is 0 Å². The number of rotatable bonds is 9. The average molecular weight is 495 g/mol. The molecule has 190 valence electrons. The highest BCUT2D eigenvalue weighted by atomic mass is 19.4. The summed E-state index contributed by atoms with van der Waals surface area (Å²) < 4.78 is 56.5. The second-order valence-electron chi connectivity index (χ2n) is 9.50. The smallest absolute Gasteiger partial charge is 0.405 e. The van der Waals surface area contributed by atoms with Crippen LogP contribution in [-0.2, 0) is 11.2 Å². The summed E-state index contributed by atoms with van der Waals surface area (Å²) in [4.78, 5) is 22.7. The van der Waals surface area contributed by atoms with Crippen molar-refractivity contribution in [3.8, 4) is 5.75 Å². The van der Waals surface area contributed by atoms with Crippen LogP contribution in [0.5, 0.6) is 5.75 Å². The van der Waals surface area contributed by atoms with Gasteiger partial charge in [-0.3, -0.25) is 4.79 Å². The summed E-state index contributed by atoms with van der Waals surface area (Å²) in [6.07, 6.45) is 3.08. The van der Waals surface area contributed by atoms with Crippen molar-refractivity contribution in [1.29, 1.82) is 0 Å². The SMILES string of the molecule is Cc1cnc(N2CCC([C@H]3C[C@H]3CCOc3ccc(CC(=O)NCC(F)(F)F)c(F)c3)CC2)nc1. The molecular weight excluding hydrogens is 464 g/mol. The predicted molar refractivity (Wildman–Crippen MR) is 123 cm³/mol. The Morgan fingerprint density at radius 1 is 1.20 bits per heavy atom. The van der Waals surface area contributed by atoms with E-state index in [1.54, 1.807) is 11.4 Å². The van der Waals surface area contributed by atoms with Gasteiger partial charge >= 0.3 is 6.18 Å². The third-order valence-corrected chi connectivity index (χ3v) is 6.79. The van der Waals surface area contributed by atoms with Crippen LogP contribution >= 0.6 is 0 Å².